The Morgan fingerprint density at radius 2 is 2.19 bits per heavy atom. The lowest BCUT2D eigenvalue weighted by Crippen LogP contribution is -2.28. The summed E-state index contributed by atoms with van der Waals surface area (Å²) in [5.41, 5.74) is 1.18. The Kier molecular flexibility index (Phi) is 5.82. The van der Waals surface area contributed by atoms with Crippen molar-refractivity contribution in [2.45, 2.75) is 6.92 Å². The third kappa shape index (κ3) is 5.09. The summed E-state index contributed by atoms with van der Waals surface area (Å²) in [7, 11) is 3.81. The van der Waals surface area contributed by atoms with E-state index in [1.54, 1.807) is 7.11 Å². The summed E-state index contributed by atoms with van der Waals surface area (Å²) in [6.45, 7) is 5.66. The molecule has 0 saturated heterocycles. The largest absolute Gasteiger partial charge is 0.383 e. The highest BCUT2D eigenvalue weighted by atomic mass is 16.5. The van der Waals surface area contributed by atoms with E-state index >= 15 is 0 Å². The Balaban J connectivity index is 2.17. The highest BCUT2D eigenvalue weighted by molar-refractivity contribution is 5.34. The fourth-order valence-corrected chi connectivity index (χ4v) is 1.31. The summed E-state index contributed by atoms with van der Waals surface area (Å²) < 4.78 is 5.02. The van der Waals surface area contributed by atoms with Gasteiger partial charge in [0.2, 0.25) is 0 Å². The van der Waals surface area contributed by atoms with E-state index < -0.39 is 0 Å². The zero-order chi connectivity index (χ0) is 11.8. The fourth-order valence-electron chi connectivity index (χ4n) is 1.31. The quantitative estimate of drug-likeness (QED) is 0.758. The first kappa shape index (κ1) is 12.9. The smallest absolute Gasteiger partial charge is 0.125 e. The van der Waals surface area contributed by atoms with E-state index in [2.05, 4.69) is 28.3 Å². The van der Waals surface area contributed by atoms with Gasteiger partial charge in [-0.25, -0.2) is 4.98 Å². The second kappa shape index (κ2) is 7.19. The van der Waals surface area contributed by atoms with Gasteiger partial charge in [0, 0.05) is 32.9 Å². The molecular formula is C12H21N3O. The number of hydrogen-bond acceptors (Lipinski definition) is 4. The van der Waals surface area contributed by atoms with Crippen LogP contribution in [0.25, 0.3) is 0 Å². The van der Waals surface area contributed by atoms with E-state index in [4.69, 9.17) is 4.74 Å². The van der Waals surface area contributed by atoms with Crippen LogP contribution in [0, 0.1) is 6.92 Å². The second-order valence-corrected chi connectivity index (χ2v) is 3.94. The number of likely N-dealkylation sites (N-methyl/N-ethyl adjacent to an activating group) is 1. The van der Waals surface area contributed by atoms with Crippen molar-refractivity contribution >= 4 is 5.82 Å². The summed E-state index contributed by atoms with van der Waals surface area (Å²) in [6, 6.07) is 4.06. The van der Waals surface area contributed by atoms with Crippen LogP contribution in [0.15, 0.2) is 18.3 Å². The van der Waals surface area contributed by atoms with Crippen molar-refractivity contribution in [3.05, 3.63) is 23.9 Å². The number of methoxy groups -OCH3 is 1. The van der Waals surface area contributed by atoms with E-state index in [0.717, 1.165) is 32.1 Å². The highest BCUT2D eigenvalue weighted by Gasteiger charge is 1.97. The Labute approximate surface area is 97.6 Å². The minimum atomic E-state index is 0.777. The molecule has 0 aliphatic rings. The van der Waals surface area contributed by atoms with Gasteiger partial charge in [-0.1, -0.05) is 6.07 Å². The molecule has 0 aromatic carbocycles. The molecule has 0 spiro atoms. The van der Waals surface area contributed by atoms with E-state index in [9.17, 15) is 0 Å². The lowest BCUT2D eigenvalue weighted by Gasteiger charge is -2.16. The average molecular weight is 223 g/mol. The van der Waals surface area contributed by atoms with Gasteiger partial charge in [-0.05, 0) is 25.6 Å². The first-order valence-corrected chi connectivity index (χ1v) is 5.56. The minimum Gasteiger partial charge on any atom is -0.383 e. The number of aryl methyl sites for hydroxylation is 1. The van der Waals surface area contributed by atoms with Crippen LogP contribution in [0.5, 0.6) is 0 Å². The first-order chi connectivity index (χ1) is 7.72. The second-order valence-electron chi connectivity index (χ2n) is 3.94. The molecule has 0 radical (unpaired) electrons. The summed E-state index contributed by atoms with van der Waals surface area (Å²) in [5, 5.41) is 3.29. The van der Waals surface area contributed by atoms with Gasteiger partial charge in [-0.2, -0.15) is 0 Å². The Morgan fingerprint density at radius 1 is 1.38 bits per heavy atom. The summed E-state index contributed by atoms with van der Waals surface area (Å²) in [5.74, 6) is 0.936. The Morgan fingerprint density at radius 3 is 2.81 bits per heavy atom. The first-order valence-electron chi connectivity index (χ1n) is 5.56. The zero-order valence-corrected chi connectivity index (χ0v) is 10.4. The Bertz CT molecular complexity index is 287. The van der Waals surface area contributed by atoms with Crippen molar-refractivity contribution in [1.29, 1.82) is 0 Å². The molecule has 90 valence electrons. The molecule has 0 bridgehead atoms. The van der Waals surface area contributed by atoms with Crippen LogP contribution in [0.3, 0.4) is 0 Å². The maximum absolute atomic E-state index is 5.02. The van der Waals surface area contributed by atoms with Gasteiger partial charge >= 0.3 is 0 Å². The monoisotopic (exact) mass is 223 g/mol. The van der Waals surface area contributed by atoms with Crippen molar-refractivity contribution in [2.24, 2.45) is 0 Å². The SMILES string of the molecule is COCCN(C)CCNc1ccc(C)cn1. The van der Waals surface area contributed by atoms with Gasteiger partial charge in [0.25, 0.3) is 0 Å². The summed E-state index contributed by atoms with van der Waals surface area (Å²) in [6.07, 6.45) is 1.87. The number of rotatable bonds is 7. The summed E-state index contributed by atoms with van der Waals surface area (Å²) in [4.78, 5) is 6.51. The van der Waals surface area contributed by atoms with Crippen molar-refractivity contribution < 1.29 is 4.74 Å². The molecule has 0 fully saturated rings. The predicted molar refractivity (Wildman–Crippen MR) is 66.8 cm³/mol. The number of nitrogens with one attached hydrogen (secondary N) is 1. The molecule has 0 aliphatic heterocycles. The van der Waals surface area contributed by atoms with Crippen molar-refractivity contribution in [3.8, 4) is 0 Å². The molecule has 1 aromatic rings. The Hall–Kier alpha value is -1.13. The van der Waals surface area contributed by atoms with Gasteiger partial charge in [0.1, 0.15) is 5.82 Å². The van der Waals surface area contributed by atoms with E-state index in [-0.39, 0.29) is 0 Å². The van der Waals surface area contributed by atoms with Gasteiger partial charge in [-0.3, -0.25) is 0 Å². The molecule has 0 atom stereocenters. The molecule has 0 aliphatic carbocycles. The molecule has 4 heteroatoms. The van der Waals surface area contributed by atoms with Crippen molar-refractivity contribution in [1.82, 2.24) is 9.88 Å². The molecule has 0 unspecified atom stereocenters. The molecule has 0 saturated carbocycles. The van der Waals surface area contributed by atoms with Crippen LogP contribution in [0.4, 0.5) is 5.82 Å². The van der Waals surface area contributed by atoms with Gasteiger partial charge in [0.15, 0.2) is 0 Å². The number of ether oxygens (including phenoxy) is 1. The molecular weight excluding hydrogens is 202 g/mol. The van der Waals surface area contributed by atoms with Crippen LogP contribution in [-0.2, 0) is 4.74 Å². The standard InChI is InChI=1S/C12H21N3O/c1-11-4-5-12(14-10-11)13-6-7-15(2)8-9-16-3/h4-5,10H,6-9H2,1-3H3,(H,13,14). The van der Waals surface area contributed by atoms with Crippen LogP contribution in [0.2, 0.25) is 0 Å². The topological polar surface area (TPSA) is 37.4 Å². The maximum Gasteiger partial charge on any atom is 0.125 e. The number of pyridine rings is 1. The van der Waals surface area contributed by atoms with E-state index in [1.807, 2.05) is 19.2 Å². The number of nitrogens with zero attached hydrogens (tertiary/aromatic N) is 2. The predicted octanol–water partition coefficient (Wildman–Crippen LogP) is 1.38. The molecule has 16 heavy (non-hydrogen) atoms. The minimum absolute atomic E-state index is 0.777. The number of anilines is 1. The van der Waals surface area contributed by atoms with Crippen LogP contribution in [-0.4, -0.2) is 50.3 Å². The number of hydrogen-bond donors (Lipinski definition) is 1. The van der Waals surface area contributed by atoms with Gasteiger partial charge in [-0.15, -0.1) is 0 Å². The molecule has 0 amide bonds. The van der Waals surface area contributed by atoms with E-state index in [0.29, 0.717) is 0 Å². The fraction of sp³-hybridized carbons (Fsp3) is 0.583. The highest BCUT2D eigenvalue weighted by Crippen LogP contribution is 2.02. The molecule has 1 aromatic heterocycles. The average Bonchev–Trinajstić information content (AvgIpc) is 2.29. The van der Waals surface area contributed by atoms with Gasteiger partial charge in [0.05, 0.1) is 6.61 Å². The summed E-state index contributed by atoms with van der Waals surface area (Å²) >= 11 is 0. The van der Waals surface area contributed by atoms with Crippen molar-refractivity contribution in [3.63, 3.8) is 0 Å². The van der Waals surface area contributed by atoms with Crippen LogP contribution in [0.1, 0.15) is 5.56 Å². The normalized spacial score (nSPS) is 10.8. The number of aromatic nitrogens is 1. The maximum atomic E-state index is 5.02. The van der Waals surface area contributed by atoms with Crippen molar-refractivity contribution in [2.75, 3.05) is 45.7 Å². The van der Waals surface area contributed by atoms with E-state index in [1.165, 1.54) is 5.56 Å². The molecule has 1 N–H and O–H groups in total. The van der Waals surface area contributed by atoms with Crippen LogP contribution >= 0.6 is 0 Å². The lowest BCUT2D eigenvalue weighted by atomic mass is 10.3. The molecule has 1 heterocycles. The zero-order valence-electron chi connectivity index (χ0n) is 10.4. The molecule has 1 rings (SSSR count). The lowest BCUT2D eigenvalue weighted by molar-refractivity contribution is 0.163. The molecule has 4 nitrogen and oxygen atoms in total. The third-order valence-corrected chi connectivity index (χ3v) is 2.39. The third-order valence-electron chi connectivity index (χ3n) is 2.39. The van der Waals surface area contributed by atoms with Gasteiger partial charge < -0.3 is 15.0 Å². The van der Waals surface area contributed by atoms with Crippen LogP contribution < -0.4 is 5.32 Å².